The molecule has 1 aromatic carbocycles. The summed E-state index contributed by atoms with van der Waals surface area (Å²) in [7, 11) is 1.59. The molecule has 0 spiro atoms. The Morgan fingerprint density at radius 3 is 2.77 bits per heavy atom. The summed E-state index contributed by atoms with van der Waals surface area (Å²) in [5.74, 6) is 6.75. The van der Waals surface area contributed by atoms with Crippen LogP contribution in [-0.4, -0.2) is 31.2 Å². The molecule has 0 saturated heterocycles. The molecule has 0 bridgehead atoms. The molecular weight excluding hydrogens is 300 g/mol. The maximum atomic E-state index is 11.7. The zero-order valence-electron chi connectivity index (χ0n) is 12.4. The second kappa shape index (κ2) is 8.05. The first-order chi connectivity index (χ1) is 10.7. The number of aryl methyl sites for hydroxylation is 1. The van der Waals surface area contributed by atoms with Gasteiger partial charge in [0, 0.05) is 5.38 Å². The van der Waals surface area contributed by atoms with E-state index in [-0.39, 0.29) is 19.1 Å². The molecule has 2 aromatic rings. The lowest BCUT2D eigenvalue weighted by atomic mass is 10.3. The summed E-state index contributed by atoms with van der Waals surface area (Å²) in [6, 6.07) is 7.36. The molecule has 114 valence electrons. The number of nitrogens with one attached hydrogen (secondary N) is 1. The van der Waals surface area contributed by atoms with Crippen molar-refractivity contribution in [3.05, 3.63) is 40.3 Å². The maximum Gasteiger partial charge on any atom is 0.271 e. The minimum atomic E-state index is -0.218. The second-order valence-corrected chi connectivity index (χ2v) is 5.29. The van der Waals surface area contributed by atoms with Crippen LogP contribution in [0.1, 0.15) is 15.5 Å². The lowest BCUT2D eigenvalue weighted by Gasteiger charge is -2.07. The van der Waals surface area contributed by atoms with Gasteiger partial charge in [0.15, 0.2) is 11.5 Å². The van der Waals surface area contributed by atoms with Gasteiger partial charge in [0.05, 0.1) is 18.7 Å². The normalized spacial score (nSPS) is 9.55. The van der Waals surface area contributed by atoms with E-state index in [4.69, 9.17) is 9.47 Å². The van der Waals surface area contributed by atoms with Crippen molar-refractivity contribution in [2.75, 3.05) is 20.3 Å². The van der Waals surface area contributed by atoms with Crippen LogP contribution in [0.15, 0.2) is 29.6 Å². The highest BCUT2D eigenvalue weighted by molar-refractivity contribution is 7.09. The standard InChI is InChI=1S/C16H16N2O3S/c1-12-18-13(11-22-12)16(19)17-9-5-6-10-21-15-8-4-3-7-14(15)20-2/h3-4,7-8,11H,9-10H2,1-2H3,(H,17,19). The number of hydrogen-bond donors (Lipinski definition) is 1. The number of methoxy groups -OCH3 is 1. The lowest BCUT2D eigenvalue weighted by molar-refractivity contribution is 0.0954. The third-order valence-electron chi connectivity index (χ3n) is 2.68. The third-order valence-corrected chi connectivity index (χ3v) is 3.46. The van der Waals surface area contributed by atoms with Crippen molar-refractivity contribution >= 4 is 17.2 Å². The van der Waals surface area contributed by atoms with Gasteiger partial charge in [-0.1, -0.05) is 24.0 Å². The van der Waals surface area contributed by atoms with Crippen LogP contribution in [0.4, 0.5) is 0 Å². The molecule has 0 aliphatic rings. The number of ether oxygens (including phenoxy) is 2. The SMILES string of the molecule is COc1ccccc1OCC#CCNC(=O)c1csc(C)n1. The van der Waals surface area contributed by atoms with E-state index in [1.807, 2.05) is 31.2 Å². The lowest BCUT2D eigenvalue weighted by Crippen LogP contribution is -2.23. The molecule has 1 heterocycles. The first-order valence-corrected chi connectivity index (χ1v) is 7.50. The number of carbonyl (C=O) groups excluding carboxylic acids is 1. The molecule has 1 aromatic heterocycles. The van der Waals surface area contributed by atoms with Crippen LogP contribution >= 0.6 is 11.3 Å². The molecule has 0 fully saturated rings. The second-order valence-electron chi connectivity index (χ2n) is 4.23. The van der Waals surface area contributed by atoms with Crippen LogP contribution in [0.5, 0.6) is 11.5 Å². The Hall–Kier alpha value is -2.52. The summed E-state index contributed by atoms with van der Waals surface area (Å²) in [6.45, 7) is 2.34. The first kappa shape index (κ1) is 15.9. The smallest absolute Gasteiger partial charge is 0.271 e. The van der Waals surface area contributed by atoms with Crippen molar-refractivity contribution in [1.82, 2.24) is 10.3 Å². The Morgan fingerprint density at radius 1 is 1.32 bits per heavy atom. The Kier molecular flexibility index (Phi) is 5.81. The minimum absolute atomic E-state index is 0.218. The van der Waals surface area contributed by atoms with Crippen LogP contribution in [0.25, 0.3) is 0 Å². The zero-order valence-corrected chi connectivity index (χ0v) is 13.2. The quantitative estimate of drug-likeness (QED) is 0.860. The van der Waals surface area contributed by atoms with Crippen molar-refractivity contribution < 1.29 is 14.3 Å². The topological polar surface area (TPSA) is 60.5 Å². The molecule has 22 heavy (non-hydrogen) atoms. The number of para-hydroxylation sites is 2. The summed E-state index contributed by atoms with van der Waals surface area (Å²) < 4.78 is 10.7. The first-order valence-electron chi connectivity index (χ1n) is 6.62. The highest BCUT2D eigenvalue weighted by atomic mass is 32.1. The molecule has 0 aliphatic carbocycles. The number of aromatic nitrogens is 1. The highest BCUT2D eigenvalue weighted by Gasteiger charge is 2.07. The number of hydrogen-bond acceptors (Lipinski definition) is 5. The van der Waals surface area contributed by atoms with Crippen LogP contribution in [0, 0.1) is 18.8 Å². The fraction of sp³-hybridized carbons (Fsp3) is 0.250. The summed E-state index contributed by atoms with van der Waals surface area (Å²) in [5.41, 5.74) is 0.426. The van der Waals surface area contributed by atoms with Gasteiger partial charge in [0.25, 0.3) is 5.91 Å². The van der Waals surface area contributed by atoms with Crippen LogP contribution in [-0.2, 0) is 0 Å². The van der Waals surface area contributed by atoms with Gasteiger partial charge in [-0.2, -0.15) is 0 Å². The van der Waals surface area contributed by atoms with E-state index < -0.39 is 0 Å². The van der Waals surface area contributed by atoms with Gasteiger partial charge in [0.2, 0.25) is 0 Å². The maximum absolute atomic E-state index is 11.7. The number of amides is 1. The van der Waals surface area contributed by atoms with Gasteiger partial charge in [0.1, 0.15) is 12.3 Å². The summed E-state index contributed by atoms with van der Waals surface area (Å²) in [6.07, 6.45) is 0. The fourth-order valence-electron chi connectivity index (χ4n) is 1.65. The molecular formula is C16H16N2O3S. The Balaban J connectivity index is 1.74. The highest BCUT2D eigenvalue weighted by Crippen LogP contribution is 2.25. The predicted octanol–water partition coefficient (Wildman–Crippen LogP) is 2.27. The van der Waals surface area contributed by atoms with E-state index in [9.17, 15) is 4.79 Å². The van der Waals surface area contributed by atoms with Crippen LogP contribution in [0.3, 0.4) is 0 Å². The Morgan fingerprint density at radius 2 is 2.09 bits per heavy atom. The number of thiazole rings is 1. The molecule has 0 saturated carbocycles. The molecule has 5 nitrogen and oxygen atoms in total. The summed E-state index contributed by atoms with van der Waals surface area (Å²) in [5, 5.41) is 5.27. The fourth-order valence-corrected chi connectivity index (χ4v) is 2.24. The number of rotatable bonds is 5. The Labute approximate surface area is 133 Å². The summed E-state index contributed by atoms with van der Waals surface area (Å²) in [4.78, 5) is 15.8. The molecule has 0 atom stereocenters. The largest absolute Gasteiger partial charge is 0.493 e. The average molecular weight is 316 g/mol. The molecule has 0 radical (unpaired) electrons. The van der Waals surface area contributed by atoms with E-state index in [0.29, 0.717) is 17.2 Å². The van der Waals surface area contributed by atoms with Gasteiger partial charge in [-0.05, 0) is 19.1 Å². The molecule has 0 aliphatic heterocycles. The molecule has 0 unspecified atom stereocenters. The van der Waals surface area contributed by atoms with Gasteiger partial charge in [-0.25, -0.2) is 4.98 Å². The van der Waals surface area contributed by atoms with E-state index >= 15 is 0 Å². The van der Waals surface area contributed by atoms with Crippen LogP contribution < -0.4 is 14.8 Å². The van der Waals surface area contributed by atoms with Gasteiger partial charge >= 0.3 is 0 Å². The monoisotopic (exact) mass is 316 g/mol. The van der Waals surface area contributed by atoms with E-state index in [2.05, 4.69) is 22.1 Å². The van der Waals surface area contributed by atoms with Crippen molar-refractivity contribution in [3.8, 4) is 23.3 Å². The minimum Gasteiger partial charge on any atom is -0.493 e. The van der Waals surface area contributed by atoms with E-state index in [0.717, 1.165) is 5.01 Å². The van der Waals surface area contributed by atoms with Crippen molar-refractivity contribution in [2.24, 2.45) is 0 Å². The molecule has 1 N–H and O–H groups in total. The molecule has 1 amide bonds. The Bertz CT molecular complexity index is 701. The van der Waals surface area contributed by atoms with Gasteiger partial charge < -0.3 is 14.8 Å². The van der Waals surface area contributed by atoms with E-state index in [1.54, 1.807) is 12.5 Å². The van der Waals surface area contributed by atoms with Gasteiger partial charge in [-0.3, -0.25) is 4.79 Å². The van der Waals surface area contributed by atoms with Crippen molar-refractivity contribution in [1.29, 1.82) is 0 Å². The number of carbonyl (C=O) groups is 1. The third kappa shape index (κ3) is 4.50. The van der Waals surface area contributed by atoms with Gasteiger partial charge in [-0.15, -0.1) is 11.3 Å². The zero-order chi connectivity index (χ0) is 15.8. The predicted molar refractivity (Wildman–Crippen MR) is 85.4 cm³/mol. The van der Waals surface area contributed by atoms with Crippen LogP contribution in [0.2, 0.25) is 0 Å². The van der Waals surface area contributed by atoms with Crippen molar-refractivity contribution in [3.63, 3.8) is 0 Å². The molecule has 2 rings (SSSR count). The number of nitrogens with zero attached hydrogens (tertiary/aromatic N) is 1. The average Bonchev–Trinajstić information content (AvgIpc) is 2.97. The summed E-state index contributed by atoms with van der Waals surface area (Å²) >= 11 is 1.44. The van der Waals surface area contributed by atoms with E-state index in [1.165, 1.54) is 11.3 Å². The molecule has 6 heteroatoms. The van der Waals surface area contributed by atoms with Crippen molar-refractivity contribution in [2.45, 2.75) is 6.92 Å². The number of benzene rings is 1.